The monoisotopic (exact) mass is 410 g/mol. The van der Waals surface area contributed by atoms with Gasteiger partial charge in [0.05, 0.1) is 5.56 Å². The minimum Gasteiger partial charge on any atom is -0.452 e. The molecule has 0 aromatic heterocycles. The summed E-state index contributed by atoms with van der Waals surface area (Å²) in [6.45, 7) is -0.632. The highest BCUT2D eigenvalue weighted by molar-refractivity contribution is 5.97. The molecule has 7 nitrogen and oxygen atoms in total. The van der Waals surface area contributed by atoms with Gasteiger partial charge in [0.1, 0.15) is 5.75 Å². The molecular weight excluding hydrogens is 393 g/mol. The zero-order chi connectivity index (χ0) is 21.4. The van der Waals surface area contributed by atoms with Crippen LogP contribution in [0, 0.1) is 0 Å². The molecule has 2 amide bonds. The van der Waals surface area contributed by atoms with Gasteiger partial charge in [-0.25, -0.2) is 4.79 Å². The molecular formula is C19H17F3N2O5. The molecule has 0 aliphatic rings. The number of alkyl halides is 3. The Morgan fingerprint density at radius 3 is 2.14 bits per heavy atom. The Morgan fingerprint density at radius 1 is 0.966 bits per heavy atom. The van der Waals surface area contributed by atoms with Crippen molar-refractivity contribution in [2.24, 2.45) is 5.73 Å². The normalized spacial score (nSPS) is 10.9. The standard InChI is InChI=1S/C19H17F3N2O5/c20-19(21,22)29-15-8-6-13(7-9-15)18(27)28-12-17(26)24(11-10-16(23)25)14-4-2-1-3-5-14/h1-9H,10-12H2,(H2,23,25). The number of amides is 2. The Hall–Kier alpha value is -3.56. The second kappa shape index (κ2) is 9.58. The number of carbonyl (C=O) groups excluding carboxylic acids is 3. The van der Waals surface area contributed by atoms with Gasteiger partial charge in [0, 0.05) is 18.7 Å². The number of hydrogen-bond donors (Lipinski definition) is 1. The van der Waals surface area contributed by atoms with Crippen LogP contribution < -0.4 is 15.4 Å². The van der Waals surface area contributed by atoms with E-state index < -0.39 is 36.5 Å². The fraction of sp³-hybridized carbons (Fsp3) is 0.211. The van der Waals surface area contributed by atoms with Crippen molar-refractivity contribution >= 4 is 23.5 Å². The summed E-state index contributed by atoms with van der Waals surface area (Å²) in [6, 6.07) is 12.5. The highest BCUT2D eigenvalue weighted by atomic mass is 19.4. The summed E-state index contributed by atoms with van der Waals surface area (Å²) in [6.07, 6.45) is -4.94. The highest BCUT2D eigenvalue weighted by Crippen LogP contribution is 2.23. The van der Waals surface area contributed by atoms with Crippen LogP contribution in [0.2, 0.25) is 0 Å². The summed E-state index contributed by atoms with van der Waals surface area (Å²) < 4.78 is 45.1. The molecule has 0 fully saturated rings. The van der Waals surface area contributed by atoms with Gasteiger partial charge in [-0.05, 0) is 36.4 Å². The Bertz CT molecular complexity index is 854. The van der Waals surface area contributed by atoms with Gasteiger partial charge in [-0.15, -0.1) is 13.2 Å². The lowest BCUT2D eigenvalue weighted by Crippen LogP contribution is -2.37. The first-order valence-electron chi connectivity index (χ1n) is 8.32. The second-order valence-electron chi connectivity index (χ2n) is 5.75. The van der Waals surface area contributed by atoms with E-state index in [-0.39, 0.29) is 18.5 Å². The van der Waals surface area contributed by atoms with Gasteiger partial charge in [-0.1, -0.05) is 18.2 Å². The number of para-hydroxylation sites is 1. The van der Waals surface area contributed by atoms with E-state index in [0.717, 1.165) is 24.3 Å². The van der Waals surface area contributed by atoms with Gasteiger partial charge in [-0.3, -0.25) is 9.59 Å². The van der Waals surface area contributed by atoms with Crippen molar-refractivity contribution in [1.82, 2.24) is 0 Å². The molecule has 10 heteroatoms. The van der Waals surface area contributed by atoms with Crippen molar-refractivity contribution in [3.8, 4) is 5.75 Å². The fourth-order valence-electron chi connectivity index (χ4n) is 2.31. The van der Waals surface area contributed by atoms with E-state index in [2.05, 4.69) is 4.74 Å². The number of rotatable bonds is 8. The van der Waals surface area contributed by atoms with Crippen LogP contribution in [0.1, 0.15) is 16.8 Å². The third kappa shape index (κ3) is 7.17. The molecule has 0 bridgehead atoms. The first-order chi connectivity index (χ1) is 13.7. The third-order valence-corrected chi connectivity index (χ3v) is 3.60. The highest BCUT2D eigenvalue weighted by Gasteiger charge is 2.31. The Morgan fingerprint density at radius 2 is 1.59 bits per heavy atom. The largest absolute Gasteiger partial charge is 0.573 e. The molecule has 2 rings (SSSR count). The van der Waals surface area contributed by atoms with Gasteiger partial charge in [-0.2, -0.15) is 0 Å². The number of ether oxygens (including phenoxy) is 2. The number of anilines is 1. The van der Waals surface area contributed by atoms with Gasteiger partial charge in [0.25, 0.3) is 5.91 Å². The minimum atomic E-state index is -4.85. The lowest BCUT2D eigenvalue weighted by Gasteiger charge is -2.22. The number of esters is 1. The summed E-state index contributed by atoms with van der Waals surface area (Å²) >= 11 is 0. The van der Waals surface area contributed by atoms with Gasteiger partial charge in [0.2, 0.25) is 5.91 Å². The van der Waals surface area contributed by atoms with E-state index in [1.54, 1.807) is 30.3 Å². The Balaban J connectivity index is 1.99. The first-order valence-corrected chi connectivity index (χ1v) is 8.32. The minimum absolute atomic E-state index is 0.000785. The number of hydrogen-bond acceptors (Lipinski definition) is 5. The molecule has 0 saturated heterocycles. The topological polar surface area (TPSA) is 98.9 Å². The van der Waals surface area contributed by atoms with E-state index >= 15 is 0 Å². The molecule has 0 heterocycles. The second-order valence-corrected chi connectivity index (χ2v) is 5.75. The predicted molar refractivity (Wildman–Crippen MR) is 96.0 cm³/mol. The van der Waals surface area contributed by atoms with Crippen LogP contribution in [0.5, 0.6) is 5.75 Å². The molecule has 29 heavy (non-hydrogen) atoms. The molecule has 0 unspecified atom stereocenters. The maximum atomic E-state index is 12.5. The first kappa shape index (κ1) is 21.7. The van der Waals surface area contributed by atoms with Crippen molar-refractivity contribution in [2.45, 2.75) is 12.8 Å². The SMILES string of the molecule is NC(=O)CCN(C(=O)COC(=O)c1ccc(OC(F)(F)F)cc1)c1ccccc1. The maximum Gasteiger partial charge on any atom is 0.573 e. The number of primary amides is 1. The Labute approximate surface area is 163 Å². The van der Waals surface area contributed by atoms with Crippen molar-refractivity contribution in [3.05, 3.63) is 60.2 Å². The molecule has 0 aliphatic heterocycles. The smallest absolute Gasteiger partial charge is 0.452 e. The summed E-state index contributed by atoms with van der Waals surface area (Å²) in [5, 5.41) is 0. The maximum absolute atomic E-state index is 12.5. The van der Waals surface area contributed by atoms with Crippen molar-refractivity contribution < 1.29 is 37.0 Å². The Kier molecular flexibility index (Phi) is 7.18. The lowest BCUT2D eigenvalue weighted by atomic mass is 10.2. The number of nitrogens with zero attached hydrogens (tertiary/aromatic N) is 1. The zero-order valence-corrected chi connectivity index (χ0v) is 15.0. The summed E-state index contributed by atoms with van der Waals surface area (Å²) in [7, 11) is 0. The molecule has 154 valence electrons. The summed E-state index contributed by atoms with van der Waals surface area (Å²) in [5.41, 5.74) is 5.55. The van der Waals surface area contributed by atoms with Crippen LogP contribution >= 0.6 is 0 Å². The van der Waals surface area contributed by atoms with E-state index in [4.69, 9.17) is 10.5 Å². The van der Waals surface area contributed by atoms with Crippen molar-refractivity contribution in [2.75, 3.05) is 18.1 Å². The number of halogens is 3. The van der Waals surface area contributed by atoms with Gasteiger partial charge < -0.3 is 20.1 Å². The van der Waals surface area contributed by atoms with E-state index in [1.807, 2.05) is 0 Å². The molecule has 0 radical (unpaired) electrons. The molecule has 0 spiro atoms. The lowest BCUT2D eigenvalue weighted by molar-refractivity contribution is -0.274. The summed E-state index contributed by atoms with van der Waals surface area (Å²) in [4.78, 5) is 36.8. The molecule has 0 atom stereocenters. The molecule has 0 saturated carbocycles. The quantitative estimate of drug-likeness (QED) is 0.675. The molecule has 2 N–H and O–H groups in total. The molecule has 0 aliphatic carbocycles. The summed E-state index contributed by atoms with van der Waals surface area (Å²) in [5.74, 6) is -2.59. The van der Waals surface area contributed by atoms with E-state index in [0.29, 0.717) is 5.69 Å². The average molecular weight is 410 g/mol. The van der Waals surface area contributed by atoms with Gasteiger partial charge >= 0.3 is 12.3 Å². The zero-order valence-electron chi connectivity index (χ0n) is 15.0. The fourth-order valence-corrected chi connectivity index (χ4v) is 2.31. The van der Waals surface area contributed by atoms with Crippen LogP contribution in [0.15, 0.2) is 54.6 Å². The molecule has 2 aromatic rings. The van der Waals surface area contributed by atoms with Crippen molar-refractivity contribution in [3.63, 3.8) is 0 Å². The average Bonchev–Trinajstić information content (AvgIpc) is 2.66. The van der Waals surface area contributed by atoms with Crippen LogP contribution in [-0.4, -0.2) is 37.3 Å². The van der Waals surface area contributed by atoms with Crippen LogP contribution in [0.4, 0.5) is 18.9 Å². The van der Waals surface area contributed by atoms with E-state index in [9.17, 15) is 27.6 Å². The van der Waals surface area contributed by atoms with Crippen molar-refractivity contribution in [1.29, 1.82) is 0 Å². The number of benzene rings is 2. The third-order valence-electron chi connectivity index (χ3n) is 3.60. The van der Waals surface area contributed by atoms with Crippen LogP contribution in [0.3, 0.4) is 0 Å². The van der Waals surface area contributed by atoms with E-state index in [1.165, 1.54) is 4.90 Å². The van der Waals surface area contributed by atoms with Gasteiger partial charge in [0.15, 0.2) is 6.61 Å². The number of carbonyl (C=O) groups is 3. The predicted octanol–water partition coefficient (Wildman–Crippen LogP) is 2.65. The van der Waals surface area contributed by atoms with Crippen LogP contribution in [-0.2, 0) is 14.3 Å². The number of nitrogens with two attached hydrogens (primary N) is 1. The van der Waals surface area contributed by atoms with Crippen LogP contribution in [0.25, 0.3) is 0 Å². The molecule has 2 aromatic carbocycles.